The third kappa shape index (κ3) is 4.95. The third-order valence-corrected chi connectivity index (χ3v) is 6.09. The molecule has 0 atom stereocenters. The monoisotopic (exact) mass is 551 g/mol. The first-order valence-corrected chi connectivity index (χ1v) is 11.1. The number of fused-ring (bicyclic) bond motifs is 1. The molecule has 1 N–H and O–H groups in total. The summed E-state index contributed by atoms with van der Waals surface area (Å²) in [7, 11) is 0. The van der Waals surface area contributed by atoms with Crippen LogP contribution in [-0.2, 0) is 6.18 Å². The second-order valence-corrected chi connectivity index (χ2v) is 8.88. The lowest BCUT2D eigenvalue weighted by atomic mass is 10.1. The fourth-order valence-electron chi connectivity index (χ4n) is 2.96. The zero-order valence-corrected chi connectivity index (χ0v) is 19.4. The number of nitriles is 1. The highest BCUT2D eigenvalue weighted by Crippen LogP contribution is 2.37. The maximum atomic E-state index is 13.3. The van der Waals surface area contributed by atoms with E-state index in [0.717, 1.165) is 28.1 Å². The van der Waals surface area contributed by atoms with E-state index < -0.39 is 17.4 Å². The first-order valence-electron chi connectivity index (χ1n) is 9.09. The summed E-state index contributed by atoms with van der Waals surface area (Å²) in [6.45, 7) is 0. The molecule has 0 radical (unpaired) electrons. The SMILES string of the molecule is N#C/C(=C\Nc1ccc(Cl)cc1C(F)(F)F)c1nc(-c2cc3cc(Br)ccc3oc2=O)cs1. The van der Waals surface area contributed by atoms with Gasteiger partial charge in [0, 0.05) is 26.5 Å². The van der Waals surface area contributed by atoms with Crippen LogP contribution in [-0.4, -0.2) is 4.98 Å². The van der Waals surface area contributed by atoms with Gasteiger partial charge in [-0.1, -0.05) is 27.5 Å². The maximum Gasteiger partial charge on any atom is 0.418 e. The molecule has 4 aromatic rings. The number of hydrogen-bond donors (Lipinski definition) is 1. The summed E-state index contributed by atoms with van der Waals surface area (Å²) in [5, 5.41) is 14.4. The number of anilines is 1. The van der Waals surface area contributed by atoms with E-state index in [2.05, 4.69) is 26.2 Å². The standard InChI is InChI=1S/C22H10BrClF3N3O2S/c23-13-1-4-19-11(5-13)6-15(21(31)32-19)18-10-33-20(30-18)12(8-28)9-29-17-3-2-14(24)7-16(17)22(25,26)27/h1-7,9-10,29H/b12-9+. The lowest BCUT2D eigenvalue weighted by Gasteiger charge is -2.13. The average Bonchev–Trinajstić information content (AvgIpc) is 3.24. The summed E-state index contributed by atoms with van der Waals surface area (Å²) in [5.41, 5.74) is -0.951. The van der Waals surface area contributed by atoms with E-state index in [1.54, 1.807) is 29.6 Å². The number of allylic oxidation sites excluding steroid dienone is 1. The molecule has 5 nitrogen and oxygen atoms in total. The quantitative estimate of drug-likeness (QED) is 0.212. The molecule has 0 fully saturated rings. The van der Waals surface area contributed by atoms with Crippen LogP contribution in [0.4, 0.5) is 18.9 Å². The summed E-state index contributed by atoms with van der Waals surface area (Å²) in [6.07, 6.45) is -3.51. The summed E-state index contributed by atoms with van der Waals surface area (Å²) in [5.74, 6) is 0. The first kappa shape index (κ1) is 23.0. The molecule has 166 valence electrons. The van der Waals surface area contributed by atoms with Gasteiger partial charge in [0.2, 0.25) is 0 Å². The van der Waals surface area contributed by atoms with E-state index in [1.165, 1.54) is 12.1 Å². The number of thiazole rings is 1. The largest absolute Gasteiger partial charge is 0.422 e. The highest BCUT2D eigenvalue weighted by atomic mass is 79.9. The van der Waals surface area contributed by atoms with E-state index in [0.29, 0.717) is 11.0 Å². The van der Waals surface area contributed by atoms with Crippen molar-refractivity contribution in [2.75, 3.05) is 5.32 Å². The van der Waals surface area contributed by atoms with E-state index >= 15 is 0 Å². The van der Waals surface area contributed by atoms with Crippen molar-refractivity contribution in [2.24, 2.45) is 0 Å². The third-order valence-electron chi connectivity index (χ3n) is 4.48. The number of rotatable bonds is 4. The normalized spacial score (nSPS) is 12.1. The molecular formula is C22H10BrClF3N3O2S. The van der Waals surface area contributed by atoms with Gasteiger partial charge in [0.15, 0.2) is 0 Å². The van der Waals surface area contributed by atoms with Crippen LogP contribution in [0.2, 0.25) is 5.02 Å². The van der Waals surface area contributed by atoms with Crippen LogP contribution in [0.3, 0.4) is 0 Å². The van der Waals surface area contributed by atoms with Crippen LogP contribution in [0.25, 0.3) is 27.8 Å². The Morgan fingerprint density at radius 3 is 2.76 bits per heavy atom. The van der Waals surface area contributed by atoms with Gasteiger partial charge in [-0.25, -0.2) is 9.78 Å². The van der Waals surface area contributed by atoms with Crippen LogP contribution in [0.15, 0.2) is 67.7 Å². The van der Waals surface area contributed by atoms with E-state index in [9.17, 15) is 23.2 Å². The second kappa shape index (κ2) is 9.02. The molecule has 0 saturated heterocycles. The summed E-state index contributed by atoms with van der Waals surface area (Å²) in [6, 6.07) is 12.0. The summed E-state index contributed by atoms with van der Waals surface area (Å²) >= 11 is 10.1. The van der Waals surface area contributed by atoms with Crippen molar-refractivity contribution in [2.45, 2.75) is 6.18 Å². The zero-order valence-electron chi connectivity index (χ0n) is 16.2. The molecule has 0 amide bonds. The number of nitrogens with one attached hydrogen (secondary N) is 1. The molecule has 2 aromatic heterocycles. The summed E-state index contributed by atoms with van der Waals surface area (Å²) < 4.78 is 46.0. The van der Waals surface area contributed by atoms with Crippen molar-refractivity contribution in [3.05, 3.63) is 84.5 Å². The molecule has 0 saturated carbocycles. The van der Waals surface area contributed by atoms with Gasteiger partial charge in [0.05, 0.1) is 22.5 Å². The van der Waals surface area contributed by atoms with Gasteiger partial charge in [-0.2, -0.15) is 18.4 Å². The van der Waals surface area contributed by atoms with Crippen LogP contribution in [0.1, 0.15) is 10.6 Å². The first-order chi connectivity index (χ1) is 15.7. The molecule has 0 aliphatic heterocycles. The zero-order chi connectivity index (χ0) is 23.8. The van der Waals surface area contributed by atoms with Crippen molar-refractivity contribution in [3.63, 3.8) is 0 Å². The average molecular weight is 553 g/mol. The lowest BCUT2D eigenvalue weighted by Crippen LogP contribution is -2.08. The van der Waals surface area contributed by atoms with Crippen LogP contribution < -0.4 is 10.9 Å². The van der Waals surface area contributed by atoms with Gasteiger partial charge < -0.3 is 9.73 Å². The van der Waals surface area contributed by atoms with Gasteiger partial charge in [-0.3, -0.25) is 0 Å². The fraction of sp³-hybridized carbons (Fsp3) is 0.0455. The molecule has 0 aliphatic carbocycles. The van der Waals surface area contributed by atoms with Crippen LogP contribution in [0.5, 0.6) is 0 Å². The smallest absolute Gasteiger partial charge is 0.418 e. The van der Waals surface area contributed by atoms with Crippen molar-refractivity contribution in [3.8, 4) is 17.3 Å². The van der Waals surface area contributed by atoms with E-state index in [4.69, 9.17) is 16.0 Å². The Morgan fingerprint density at radius 1 is 1.24 bits per heavy atom. The van der Waals surface area contributed by atoms with Gasteiger partial charge in [-0.15, -0.1) is 11.3 Å². The summed E-state index contributed by atoms with van der Waals surface area (Å²) in [4.78, 5) is 16.7. The predicted molar refractivity (Wildman–Crippen MR) is 125 cm³/mol. The van der Waals surface area contributed by atoms with Gasteiger partial charge in [-0.05, 0) is 42.5 Å². The molecule has 2 heterocycles. The van der Waals surface area contributed by atoms with Crippen LogP contribution in [0, 0.1) is 11.3 Å². The van der Waals surface area contributed by atoms with Crippen molar-refractivity contribution in [1.29, 1.82) is 5.26 Å². The fourth-order valence-corrected chi connectivity index (χ4v) is 4.30. The molecule has 0 spiro atoms. The van der Waals surface area contributed by atoms with Crippen molar-refractivity contribution in [1.82, 2.24) is 4.98 Å². The molecule has 2 aromatic carbocycles. The van der Waals surface area contributed by atoms with E-state index in [-0.39, 0.29) is 32.5 Å². The number of halogens is 5. The number of nitrogens with zero attached hydrogens (tertiary/aromatic N) is 2. The highest BCUT2D eigenvalue weighted by molar-refractivity contribution is 9.10. The molecule has 0 unspecified atom stereocenters. The molecule has 11 heteroatoms. The Hall–Kier alpha value is -3.13. The second-order valence-electron chi connectivity index (χ2n) is 6.67. The highest BCUT2D eigenvalue weighted by Gasteiger charge is 2.33. The number of aromatic nitrogens is 1. The molecule has 4 rings (SSSR count). The Bertz CT molecular complexity index is 1510. The minimum absolute atomic E-state index is 0.0118. The van der Waals surface area contributed by atoms with Gasteiger partial charge >= 0.3 is 11.8 Å². The van der Waals surface area contributed by atoms with Crippen molar-refractivity contribution < 1.29 is 17.6 Å². The molecule has 33 heavy (non-hydrogen) atoms. The number of benzene rings is 2. The van der Waals surface area contributed by atoms with E-state index in [1.807, 2.05) is 6.07 Å². The maximum absolute atomic E-state index is 13.3. The molecule has 0 bridgehead atoms. The van der Waals surface area contributed by atoms with Gasteiger partial charge in [0.25, 0.3) is 0 Å². The Kier molecular flexibility index (Phi) is 6.30. The Morgan fingerprint density at radius 2 is 2.03 bits per heavy atom. The molecular weight excluding hydrogens is 543 g/mol. The Balaban J connectivity index is 1.68. The van der Waals surface area contributed by atoms with Crippen LogP contribution >= 0.6 is 38.9 Å². The molecule has 0 aliphatic rings. The number of hydrogen-bond acceptors (Lipinski definition) is 6. The topological polar surface area (TPSA) is 78.9 Å². The minimum atomic E-state index is -4.64. The van der Waals surface area contributed by atoms with Crippen molar-refractivity contribution >= 4 is 61.1 Å². The Labute approximate surface area is 201 Å². The van der Waals surface area contributed by atoms with Gasteiger partial charge in [0.1, 0.15) is 22.2 Å². The predicted octanol–water partition coefficient (Wildman–Crippen LogP) is 7.33. The minimum Gasteiger partial charge on any atom is -0.422 e. The number of alkyl halides is 3. The lowest BCUT2D eigenvalue weighted by molar-refractivity contribution is -0.136.